The van der Waals surface area contributed by atoms with E-state index in [1.165, 1.54) is 13.2 Å². The first-order valence-corrected chi connectivity index (χ1v) is 9.79. The van der Waals surface area contributed by atoms with Crippen LogP contribution < -0.4 is 14.8 Å². The molecule has 0 aliphatic carbocycles. The third-order valence-corrected chi connectivity index (χ3v) is 5.03. The standard InChI is InChI=1S/C22H27FN2O4.ClH.2H2O/c1-28-21-7-6-16(14-19(21)23)15-25-10-8-17(9-11-25)24-22(27)18-4-2-3-5-20(18)29-13-12-26;;;/h2-7,14,17,26H,8-13,15H2,1H3,(H,24,27);1H;2*1H2. The number of carbonyl (C=O) groups is 1. The number of nitrogens with zero attached hydrogens (tertiary/aromatic N) is 1. The van der Waals surface area contributed by atoms with Crippen LogP contribution in [0.4, 0.5) is 4.39 Å². The Morgan fingerprint density at radius 2 is 1.84 bits per heavy atom. The molecule has 180 valence electrons. The van der Waals surface area contributed by atoms with Crippen molar-refractivity contribution in [2.75, 3.05) is 33.4 Å². The van der Waals surface area contributed by atoms with Crippen LogP contribution in [0.25, 0.3) is 0 Å². The largest absolute Gasteiger partial charge is 0.494 e. The first-order chi connectivity index (χ1) is 14.1. The molecule has 6 N–H and O–H groups in total. The molecule has 0 spiro atoms. The summed E-state index contributed by atoms with van der Waals surface area (Å²) in [4.78, 5) is 14.9. The van der Waals surface area contributed by atoms with Crippen molar-refractivity contribution in [3.05, 3.63) is 59.4 Å². The van der Waals surface area contributed by atoms with Gasteiger partial charge in [-0.05, 0) is 42.7 Å². The van der Waals surface area contributed by atoms with Gasteiger partial charge in [0.05, 0.1) is 19.3 Å². The third-order valence-electron chi connectivity index (χ3n) is 5.03. The van der Waals surface area contributed by atoms with Crippen molar-refractivity contribution >= 4 is 18.3 Å². The van der Waals surface area contributed by atoms with E-state index in [2.05, 4.69) is 10.2 Å². The fraction of sp³-hybridized carbons (Fsp3) is 0.409. The van der Waals surface area contributed by atoms with Gasteiger partial charge in [-0.15, -0.1) is 12.4 Å². The Labute approximate surface area is 193 Å². The van der Waals surface area contributed by atoms with Crippen LogP contribution in [0.3, 0.4) is 0 Å². The number of amides is 1. The Balaban J connectivity index is 0.00000320. The number of para-hydroxylation sites is 1. The average Bonchev–Trinajstić information content (AvgIpc) is 2.74. The number of hydrogen-bond donors (Lipinski definition) is 2. The molecule has 1 aliphatic heterocycles. The first-order valence-electron chi connectivity index (χ1n) is 9.79. The van der Waals surface area contributed by atoms with E-state index in [1.807, 2.05) is 6.07 Å². The molecule has 1 saturated heterocycles. The Morgan fingerprint density at radius 1 is 1.16 bits per heavy atom. The Bertz CT molecular complexity index is 834. The minimum atomic E-state index is -0.353. The summed E-state index contributed by atoms with van der Waals surface area (Å²) >= 11 is 0. The van der Waals surface area contributed by atoms with Crippen LogP contribution in [0.2, 0.25) is 0 Å². The lowest BCUT2D eigenvalue weighted by Crippen LogP contribution is -2.44. The van der Waals surface area contributed by atoms with Crippen molar-refractivity contribution in [3.63, 3.8) is 0 Å². The highest BCUT2D eigenvalue weighted by Gasteiger charge is 2.22. The number of nitrogens with one attached hydrogen (secondary N) is 1. The lowest BCUT2D eigenvalue weighted by molar-refractivity contribution is 0.0903. The fourth-order valence-electron chi connectivity index (χ4n) is 3.50. The van der Waals surface area contributed by atoms with E-state index in [0.717, 1.165) is 31.5 Å². The Hall–Kier alpha value is -2.43. The third kappa shape index (κ3) is 7.92. The summed E-state index contributed by atoms with van der Waals surface area (Å²) in [7, 11) is 1.45. The lowest BCUT2D eigenvalue weighted by atomic mass is 10.0. The second-order valence-corrected chi connectivity index (χ2v) is 7.06. The van der Waals surface area contributed by atoms with Crippen LogP contribution in [0.5, 0.6) is 11.5 Å². The van der Waals surface area contributed by atoms with Gasteiger partial charge in [0.2, 0.25) is 0 Å². The second-order valence-electron chi connectivity index (χ2n) is 7.06. The zero-order valence-electron chi connectivity index (χ0n) is 18.0. The number of halogens is 2. The molecule has 0 radical (unpaired) electrons. The number of methoxy groups -OCH3 is 1. The minimum Gasteiger partial charge on any atom is -0.494 e. The van der Waals surface area contributed by atoms with Gasteiger partial charge >= 0.3 is 0 Å². The maximum atomic E-state index is 13.9. The van der Waals surface area contributed by atoms with Crippen molar-refractivity contribution in [2.45, 2.75) is 25.4 Å². The van der Waals surface area contributed by atoms with Crippen molar-refractivity contribution in [3.8, 4) is 11.5 Å². The molecule has 8 nitrogen and oxygen atoms in total. The van der Waals surface area contributed by atoms with Crippen LogP contribution in [0.15, 0.2) is 42.5 Å². The molecule has 32 heavy (non-hydrogen) atoms. The van der Waals surface area contributed by atoms with Crippen LogP contribution in [-0.2, 0) is 6.54 Å². The van der Waals surface area contributed by atoms with Gasteiger partial charge in [0.1, 0.15) is 12.4 Å². The van der Waals surface area contributed by atoms with E-state index in [1.54, 1.807) is 30.3 Å². The maximum Gasteiger partial charge on any atom is 0.255 e. The van der Waals surface area contributed by atoms with Crippen molar-refractivity contribution in [2.24, 2.45) is 0 Å². The highest BCUT2D eigenvalue weighted by Crippen LogP contribution is 2.21. The zero-order chi connectivity index (χ0) is 20.6. The molecule has 10 heteroatoms. The monoisotopic (exact) mass is 474 g/mol. The summed E-state index contributed by atoms with van der Waals surface area (Å²) in [5.74, 6) is 0.194. The van der Waals surface area contributed by atoms with Crippen LogP contribution in [0.1, 0.15) is 28.8 Å². The maximum absolute atomic E-state index is 13.9. The molecule has 2 aromatic rings. The molecule has 0 unspecified atom stereocenters. The van der Waals surface area contributed by atoms with Crippen LogP contribution >= 0.6 is 12.4 Å². The smallest absolute Gasteiger partial charge is 0.255 e. The molecule has 0 bridgehead atoms. The molecule has 1 heterocycles. The van der Waals surface area contributed by atoms with Crippen molar-refractivity contribution in [1.82, 2.24) is 10.2 Å². The fourth-order valence-corrected chi connectivity index (χ4v) is 3.50. The summed E-state index contributed by atoms with van der Waals surface area (Å²) < 4.78 is 24.3. The SMILES string of the molecule is COc1ccc(CN2CCC(NC(=O)c3ccccc3OCCO)CC2)cc1F.Cl.O.O. The number of piperidine rings is 1. The van der Waals surface area contributed by atoms with Crippen molar-refractivity contribution in [1.29, 1.82) is 0 Å². The molecule has 0 saturated carbocycles. The first kappa shape index (κ1) is 29.6. The number of aliphatic hydroxyl groups is 1. The molecule has 1 aliphatic rings. The molecular formula is C22H32ClFN2O6. The van der Waals surface area contributed by atoms with Crippen LogP contribution in [-0.4, -0.2) is 66.3 Å². The van der Waals surface area contributed by atoms with E-state index in [0.29, 0.717) is 17.9 Å². The quantitative estimate of drug-likeness (QED) is 0.596. The van der Waals surface area contributed by atoms with Gasteiger partial charge in [0.25, 0.3) is 5.91 Å². The minimum absolute atomic E-state index is 0. The predicted molar refractivity (Wildman–Crippen MR) is 122 cm³/mol. The molecule has 2 aromatic carbocycles. The highest BCUT2D eigenvalue weighted by atomic mass is 35.5. The van der Waals surface area contributed by atoms with Gasteiger partial charge < -0.3 is 30.8 Å². The summed E-state index contributed by atoms with van der Waals surface area (Å²) in [6, 6.07) is 12.1. The number of ether oxygens (including phenoxy) is 2. The molecule has 1 fully saturated rings. The van der Waals surface area contributed by atoms with Gasteiger partial charge in [-0.1, -0.05) is 18.2 Å². The number of aliphatic hydroxyl groups excluding tert-OH is 1. The van der Waals surface area contributed by atoms with Gasteiger partial charge in [0.15, 0.2) is 11.6 Å². The van der Waals surface area contributed by atoms with Crippen LogP contribution in [0, 0.1) is 5.82 Å². The summed E-state index contributed by atoms with van der Waals surface area (Å²) in [5, 5.41) is 12.0. The second kappa shape index (κ2) is 14.6. The van der Waals surface area contributed by atoms with Gasteiger partial charge in [-0.3, -0.25) is 9.69 Å². The molecule has 1 amide bonds. The van der Waals surface area contributed by atoms with E-state index in [4.69, 9.17) is 14.6 Å². The molecule has 3 rings (SSSR count). The van der Waals surface area contributed by atoms with E-state index in [9.17, 15) is 9.18 Å². The van der Waals surface area contributed by atoms with E-state index < -0.39 is 0 Å². The highest BCUT2D eigenvalue weighted by molar-refractivity contribution is 5.97. The summed E-state index contributed by atoms with van der Waals surface area (Å²) in [6.07, 6.45) is 1.65. The summed E-state index contributed by atoms with van der Waals surface area (Å²) in [5.41, 5.74) is 1.37. The molecular weight excluding hydrogens is 443 g/mol. The zero-order valence-corrected chi connectivity index (χ0v) is 18.8. The topological polar surface area (TPSA) is 134 Å². The van der Waals surface area contributed by atoms with Gasteiger partial charge in [0, 0.05) is 25.7 Å². The molecule has 0 aromatic heterocycles. The number of hydrogen-bond acceptors (Lipinski definition) is 5. The van der Waals surface area contributed by atoms with Gasteiger partial charge in [-0.2, -0.15) is 0 Å². The average molecular weight is 475 g/mol. The normalized spacial score (nSPS) is 13.7. The van der Waals surface area contributed by atoms with Crippen molar-refractivity contribution < 1.29 is 34.7 Å². The number of likely N-dealkylation sites (tertiary alicyclic amines) is 1. The summed E-state index contributed by atoms with van der Waals surface area (Å²) in [6.45, 7) is 2.35. The Morgan fingerprint density at radius 3 is 2.47 bits per heavy atom. The number of rotatable bonds is 8. The molecule has 0 atom stereocenters. The number of benzene rings is 2. The Kier molecular flexibility index (Phi) is 13.5. The number of carbonyl (C=O) groups excluding carboxylic acids is 1. The predicted octanol–water partition coefficient (Wildman–Crippen LogP) is 1.37. The van der Waals surface area contributed by atoms with E-state index >= 15 is 0 Å². The van der Waals surface area contributed by atoms with Gasteiger partial charge in [-0.25, -0.2) is 4.39 Å². The lowest BCUT2D eigenvalue weighted by Gasteiger charge is -2.32. The van der Waals surface area contributed by atoms with E-state index in [-0.39, 0.29) is 60.1 Å².